The second-order valence-corrected chi connectivity index (χ2v) is 7.61. The molecule has 1 atom stereocenters. The van der Waals surface area contributed by atoms with Crippen molar-refractivity contribution in [3.8, 4) is 11.5 Å². The van der Waals surface area contributed by atoms with Gasteiger partial charge in [-0.25, -0.2) is 0 Å². The Hall–Kier alpha value is -1.84. The molecular formula is C24H38O4. The molecule has 1 rings (SSSR count). The zero-order valence-corrected chi connectivity index (χ0v) is 18.0. The van der Waals surface area contributed by atoms with Crippen molar-refractivity contribution >= 4 is 11.9 Å². The van der Waals surface area contributed by atoms with Gasteiger partial charge in [0.05, 0.1) is 5.92 Å². The van der Waals surface area contributed by atoms with Crippen LogP contribution >= 0.6 is 0 Å². The van der Waals surface area contributed by atoms with Crippen LogP contribution in [0.5, 0.6) is 11.5 Å². The highest BCUT2D eigenvalue weighted by Crippen LogP contribution is 2.28. The molecule has 4 heteroatoms. The molecule has 0 aliphatic heterocycles. The van der Waals surface area contributed by atoms with Crippen LogP contribution in [-0.2, 0) is 9.59 Å². The SMILES string of the molecule is CCCCCCCCC(C)C(=O)Oc1ccccc1OC(=O)CCCCCC. The summed E-state index contributed by atoms with van der Waals surface area (Å²) in [6.45, 7) is 6.24. The van der Waals surface area contributed by atoms with Crippen LogP contribution in [0.25, 0.3) is 0 Å². The second-order valence-electron chi connectivity index (χ2n) is 7.61. The van der Waals surface area contributed by atoms with E-state index in [2.05, 4.69) is 13.8 Å². The van der Waals surface area contributed by atoms with E-state index in [0.29, 0.717) is 17.9 Å². The molecule has 28 heavy (non-hydrogen) atoms. The molecule has 0 saturated heterocycles. The number of hydrogen-bond donors (Lipinski definition) is 0. The Bertz CT molecular complexity index is 567. The molecule has 4 nitrogen and oxygen atoms in total. The summed E-state index contributed by atoms with van der Waals surface area (Å²) >= 11 is 0. The lowest BCUT2D eigenvalue weighted by Gasteiger charge is -2.14. The average Bonchev–Trinajstić information content (AvgIpc) is 2.69. The van der Waals surface area contributed by atoms with Crippen LogP contribution in [0.4, 0.5) is 0 Å². The Balaban J connectivity index is 2.43. The smallest absolute Gasteiger partial charge is 0.314 e. The number of carbonyl (C=O) groups excluding carboxylic acids is 2. The van der Waals surface area contributed by atoms with Crippen molar-refractivity contribution in [1.82, 2.24) is 0 Å². The van der Waals surface area contributed by atoms with Gasteiger partial charge < -0.3 is 9.47 Å². The Morgan fingerprint density at radius 3 is 1.96 bits per heavy atom. The molecule has 0 saturated carbocycles. The average molecular weight is 391 g/mol. The highest BCUT2D eigenvalue weighted by Gasteiger charge is 2.18. The van der Waals surface area contributed by atoms with Crippen molar-refractivity contribution in [2.45, 2.75) is 97.8 Å². The number of unbranched alkanes of at least 4 members (excludes halogenated alkanes) is 8. The number of ether oxygens (including phenoxy) is 2. The predicted molar refractivity (Wildman–Crippen MR) is 114 cm³/mol. The summed E-state index contributed by atoms with van der Waals surface area (Å²) in [7, 11) is 0. The molecule has 1 unspecified atom stereocenters. The molecule has 0 spiro atoms. The van der Waals surface area contributed by atoms with Crippen LogP contribution in [0, 0.1) is 5.92 Å². The minimum absolute atomic E-state index is 0.163. The van der Waals surface area contributed by atoms with Crippen molar-refractivity contribution in [2.24, 2.45) is 5.92 Å². The minimum Gasteiger partial charge on any atom is -0.423 e. The number of benzene rings is 1. The highest BCUT2D eigenvalue weighted by atomic mass is 16.6. The van der Waals surface area contributed by atoms with Gasteiger partial charge in [-0.3, -0.25) is 9.59 Å². The normalized spacial score (nSPS) is 11.8. The Morgan fingerprint density at radius 2 is 1.32 bits per heavy atom. The van der Waals surface area contributed by atoms with Crippen LogP contribution in [0.3, 0.4) is 0 Å². The van der Waals surface area contributed by atoms with Gasteiger partial charge in [0.1, 0.15) is 0 Å². The lowest BCUT2D eigenvalue weighted by atomic mass is 10.0. The van der Waals surface area contributed by atoms with Crippen molar-refractivity contribution in [3.63, 3.8) is 0 Å². The Morgan fingerprint density at radius 1 is 0.786 bits per heavy atom. The third-order valence-corrected chi connectivity index (χ3v) is 4.91. The van der Waals surface area contributed by atoms with E-state index >= 15 is 0 Å². The van der Waals surface area contributed by atoms with E-state index in [4.69, 9.17) is 9.47 Å². The van der Waals surface area contributed by atoms with Crippen molar-refractivity contribution in [1.29, 1.82) is 0 Å². The number of para-hydroxylation sites is 2. The van der Waals surface area contributed by atoms with Crippen molar-refractivity contribution in [3.05, 3.63) is 24.3 Å². The maximum atomic E-state index is 12.4. The second kappa shape index (κ2) is 15.1. The van der Waals surface area contributed by atoms with Gasteiger partial charge in [0.15, 0.2) is 11.5 Å². The van der Waals surface area contributed by atoms with E-state index in [1.807, 2.05) is 6.92 Å². The number of hydrogen-bond acceptors (Lipinski definition) is 4. The quantitative estimate of drug-likeness (QED) is 0.187. The molecule has 0 fully saturated rings. The zero-order chi connectivity index (χ0) is 20.6. The Labute approximate surface area is 171 Å². The standard InChI is InChI=1S/C24H38O4/c1-4-6-8-10-11-12-16-20(3)24(26)28-22-18-15-14-17-21(22)27-23(25)19-13-9-7-5-2/h14-15,17-18,20H,4-13,16,19H2,1-3H3. The summed E-state index contributed by atoms with van der Waals surface area (Å²) in [5.74, 6) is -0.0592. The Kier molecular flexibility index (Phi) is 13.1. The van der Waals surface area contributed by atoms with Crippen molar-refractivity contribution < 1.29 is 19.1 Å². The molecule has 0 bridgehead atoms. The van der Waals surface area contributed by atoms with E-state index in [1.165, 1.54) is 25.7 Å². The summed E-state index contributed by atoms with van der Waals surface area (Å²) in [4.78, 5) is 24.4. The van der Waals surface area contributed by atoms with Gasteiger partial charge >= 0.3 is 11.9 Å². The van der Waals surface area contributed by atoms with Crippen molar-refractivity contribution in [2.75, 3.05) is 0 Å². The van der Waals surface area contributed by atoms with Gasteiger partial charge in [0, 0.05) is 6.42 Å². The fraction of sp³-hybridized carbons (Fsp3) is 0.667. The zero-order valence-electron chi connectivity index (χ0n) is 18.0. The predicted octanol–water partition coefficient (Wildman–Crippen LogP) is 6.85. The van der Waals surface area contributed by atoms with E-state index in [0.717, 1.165) is 44.9 Å². The summed E-state index contributed by atoms with van der Waals surface area (Å²) in [5.41, 5.74) is 0. The molecule has 158 valence electrons. The van der Waals surface area contributed by atoms with Crippen LogP contribution < -0.4 is 9.47 Å². The fourth-order valence-corrected chi connectivity index (χ4v) is 3.05. The maximum absolute atomic E-state index is 12.4. The summed E-state index contributed by atoms with van der Waals surface area (Å²) in [5, 5.41) is 0. The topological polar surface area (TPSA) is 52.6 Å². The largest absolute Gasteiger partial charge is 0.423 e. The first-order chi connectivity index (χ1) is 13.6. The van der Waals surface area contributed by atoms with Gasteiger partial charge in [-0.05, 0) is 25.0 Å². The molecule has 1 aromatic carbocycles. The molecule has 0 N–H and O–H groups in total. The minimum atomic E-state index is -0.278. The van der Waals surface area contributed by atoms with E-state index in [-0.39, 0.29) is 17.9 Å². The first kappa shape index (κ1) is 24.2. The van der Waals surface area contributed by atoms with Crippen LogP contribution in [0.15, 0.2) is 24.3 Å². The van der Waals surface area contributed by atoms with E-state index in [9.17, 15) is 9.59 Å². The summed E-state index contributed by atoms with van der Waals surface area (Å²) in [6, 6.07) is 6.90. The molecular weight excluding hydrogens is 352 g/mol. The summed E-state index contributed by atoms with van der Waals surface area (Å²) < 4.78 is 11.0. The molecule has 0 radical (unpaired) electrons. The van der Waals surface area contributed by atoms with Gasteiger partial charge in [0.2, 0.25) is 0 Å². The molecule has 0 amide bonds. The van der Waals surface area contributed by atoms with Gasteiger partial charge in [0.25, 0.3) is 0 Å². The number of rotatable bonds is 15. The highest BCUT2D eigenvalue weighted by molar-refractivity contribution is 5.77. The fourth-order valence-electron chi connectivity index (χ4n) is 3.05. The lowest BCUT2D eigenvalue weighted by molar-refractivity contribution is -0.140. The number of esters is 2. The summed E-state index contributed by atoms with van der Waals surface area (Å²) in [6.07, 6.45) is 12.5. The van der Waals surface area contributed by atoms with Crippen LogP contribution in [0.1, 0.15) is 97.8 Å². The van der Waals surface area contributed by atoms with Crippen LogP contribution in [0.2, 0.25) is 0 Å². The molecule has 0 aromatic heterocycles. The maximum Gasteiger partial charge on any atom is 0.314 e. The monoisotopic (exact) mass is 390 g/mol. The first-order valence-electron chi connectivity index (χ1n) is 11.1. The molecule has 1 aromatic rings. The third-order valence-electron chi connectivity index (χ3n) is 4.91. The number of carbonyl (C=O) groups is 2. The van der Waals surface area contributed by atoms with E-state index < -0.39 is 0 Å². The first-order valence-corrected chi connectivity index (χ1v) is 11.1. The lowest BCUT2D eigenvalue weighted by Crippen LogP contribution is -2.18. The van der Waals surface area contributed by atoms with Crippen LogP contribution in [-0.4, -0.2) is 11.9 Å². The van der Waals surface area contributed by atoms with Gasteiger partial charge in [-0.2, -0.15) is 0 Å². The van der Waals surface area contributed by atoms with E-state index in [1.54, 1.807) is 24.3 Å². The molecule has 0 aliphatic rings. The van der Waals surface area contributed by atoms with Gasteiger partial charge in [-0.1, -0.05) is 90.7 Å². The third kappa shape index (κ3) is 10.5. The van der Waals surface area contributed by atoms with Gasteiger partial charge in [-0.15, -0.1) is 0 Å². The molecule has 0 aliphatic carbocycles. The molecule has 0 heterocycles.